The molecule has 0 aliphatic heterocycles. The molecule has 1 saturated carbocycles. The minimum Gasteiger partial charge on any atom is -0.481 e. The molecule has 2 aromatic rings. The fourth-order valence-corrected chi connectivity index (χ4v) is 3.70. The zero-order chi connectivity index (χ0) is 14.3. The van der Waals surface area contributed by atoms with Crippen LogP contribution in [0, 0.1) is 5.92 Å². The van der Waals surface area contributed by atoms with Crippen LogP contribution >= 0.6 is 11.3 Å². The van der Waals surface area contributed by atoms with Gasteiger partial charge in [0.25, 0.3) is 0 Å². The van der Waals surface area contributed by atoms with Gasteiger partial charge in [-0.05, 0) is 12.8 Å². The third-order valence-electron chi connectivity index (χ3n) is 4.28. The smallest absolute Gasteiger partial charge is 0.306 e. The van der Waals surface area contributed by atoms with Crippen molar-refractivity contribution in [3.63, 3.8) is 0 Å². The van der Waals surface area contributed by atoms with Gasteiger partial charge in [0.2, 0.25) is 4.96 Å². The Morgan fingerprint density at radius 1 is 1.35 bits per heavy atom. The zero-order valence-corrected chi connectivity index (χ0v) is 12.4. The van der Waals surface area contributed by atoms with E-state index in [0.29, 0.717) is 5.92 Å². The molecule has 108 valence electrons. The number of aliphatic carboxylic acids is 1. The highest BCUT2D eigenvalue weighted by Gasteiger charge is 2.27. The molecule has 6 nitrogen and oxygen atoms in total. The number of aromatic nitrogens is 4. The Labute approximate surface area is 120 Å². The maximum Gasteiger partial charge on any atom is 0.306 e. The second-order valence-corrected chi connectivity index (χ2v) is 6.58. The number of nitrogens with zero attached hydrogens (tertiary/aromatic N) is 4. The molecule has 2 heterocycles. The third kappa shape index (κ3) is 2.19. The number of carboxylic acids is 1. The minimum atomic E-state index is -0.792. The molecular weight excluding hydrogens is 276 g/mol. The molecule has 2 aromatic heterocycles. The Morgan fingerprint density at radius 3 is 2.70 bits per heavy atom. The Bertz CT molecular complexity index is 629. The first-order chi connectivity index (χ1) is 9.58. The Balaban J connectivity index is 1.93. The predicted octanol–water partition coefficient (Wildman–Crippen LogP) is 2.67. The molecule has 0 bridgehead atoms. The second kappa shape index (κ2) is 5.12. The van der Waals surface area contributed by atoms with Crippen LogP contribution in [0.25, 0.3) is 4.96 Å². The fourth-order valence-electron chi connectivity index (χ4n) is 2.70. The molecule has 0 amide bonds. The van der Waals surface area contributed by atoms with Crippen LogP contribution in [0.3, 0.4) is 0 Å². The first-order valence-electron chi connectivity index (χ1n) is 7.02. The molecule has 1 N–H and O–H groups in total. The number of hydrogen-bond acceptors (Lipinski definition) is 5. The summed E-state index contributed by atoms with van der Waals surface area (Å²) in [5, 5.41) is 23.0. The first-order valence-corrected chi connectivity index (χ1v) is 7.84. The maximum absolute atomic E-state index is 11.1. The van der Waals surface area contributed by atoms with Gasteiger partial charge in [0.05, 0.1) is 5.92 Å². The summed E-state index contributed by atoms with van der Waals surface area (Å²) in [4.78, 5) is 11.9. The van der Waals surface area contributed by atoms with Crippen LogP contribution in [0.5, 0.6) is 0 Å². The van der Waals surface area contributed by atoms with Gasteiger partial charge in [-0.3, -0.25) is 4.79 Å². The van der Waals surface area contributed by atoms with Crippen molar-refractivity contribution < 1.29 is 9.90 Å². The van der Waals surface area contributed by atoms with E-state index in [0.717, 1.165) is 28.6 Å². The molecule has 7 heteroatoms. The van der Waals surface area contributed by atoms with Gasteiger partial charge >= 0.3 is 5.97 Å². The van der Waals surface area contributed by atoms with Crippen molar-refractivity contribution in [3.8, 4) is 0 Å². The topological polar surface area (TPSA) is 80.4 Å². The highest BCUT2D eigenvalue weighted by atomic mass is 32.1. The third-order valence-corrected chi connectivity index (χ3v) is 5.38. The van der Waals surface area contributed by atoms with Crippen molar-refractivity contribution in [1.29, 1.82) is 0 Å². The van der Waals surface area contributed by atoms with Gasteiger partial charge in [0.15, 0.2) is 5.82 Å². The van der Waals surface area contributed by atoms with Crippen LogP contribution < -0.4 is 0 Å². The Kier molecular flexibility index (Phi) is 3.45. The van der Waals surface area contributed by atoms with E-state index in [4.69, 9.17) is 5.11 Å². The van der Waals surface area contributed by atoms with Crippen molar-refractivity contribution in [2.45, 2.75) is 51.4 Å². The van der Waals surface area contributed by atoms with Crippen LogP contribution in [0.15, 0.2) is 0 Å². The molecule has 2 atom stereocenters. The largest absolute Gasteiger partial charge is 0.481 e. The van der Waals surface area contributed by atoms with E-state index in [2.05, 4.69) is 15.3 Å². The monoisotopic (exact) mass is 294 g/mol. The van der Waals surface area contributed by atoms with Gasteiger partial charge in [-0.25, -0.2) is 0 Å². The molecule has 20 heavy (non-hydrogen) atoms. The minimum absolute atomic E-state index is 0.115. The van der Waals surface area contributed by atoms with Gasteiger partial charge in [0, 0.05) is 11.8 Å². The number of carbonyl (C=O) groups is 1. The average molecular weight is 294 g/mol. The normalized spacial score (nSPS) is 19.5. The van der Waals surface area contributed by atoms with E-state index < -0.39 is 11.9 Å². The van der Waals surface area contributed by atoms with Crippen molar-refractivity contribution in [3.05, 3.63) is 10.8 Å². The van der Waals surface area contributed by atoms with Crippen molar-refractivity contribution >= 4 is 22.3 Å². The molecule has 1 fully saturated rings. The standard InChI is InChI=1S/C13H18N4O2S/c1-7(8(2)12(18)19)11-16-17-10(9-5-3-4-6-9)14-15-13(17)20-11/h7-9H,3-6H2,1-2H3,(H,18,19). The summed E-state index contributed by atoms with van der Waals surface area (Å²) < 4.78 is 1.82. The van der Waals surface area contributed by atoms with Crippen LogP contribution in [-0.4, -0.2) is 30.9 Å². The molecule has 3 rings (SSSR count). The van der Waals surface area contributed by atoms with Crippen LogP contribution in [0.2, 0.25) is 0 Å². The lowest BCUT2D eigenvalue weighted by atomic mass is 9.97. The number of rotatable bonds is 4. The van der Waals surface area contributed by atoms with E-state index in [-0.39, 0.29) is 5.92 Å². The lowest BCUT2D eigenvalue weighted by Gasteiger charge is -2.12. The molecule has 2 unspecified atom stereocenters. The van der Waals surface area contributed by atoms with Gasteiger partial charge < -0.3 is 5.11 Å². The van der Waals surface area contributed by atoms with Gasteiger partial charge in [-0.1, -0.05) is 38.0 Å². The number of hydrogen-bond donors (Lipinski definition) is 1. The van der Waals surface area contributed by atoms with Gasteiger partial charge in [-0.2, -0.15) is 9.61 Å². The summed E-state index contributed by atoms with van der Waals surface area (Å²) in [6.45, 7) is 3.62. The number of fused-ring (bicyclic) bond motifs is 1. The van der Waals surface area contributed by atoms with Crippen molar-refractivity contribution in [1.82, 2.24) is 19.8 Å². The molecule has 0 spiro atoms. The predicted molar refractivity (Wildman–Crippen MR) is 75.1 cm³/mol. The first kappa shape index (κ1) is 13.5. The summed E-state index contributed by atoms with van der Waals surface area (Å²) in [6, 6.07) is 0. The molecule has 0 radical (unpaired) electrons. The zero-order valence-electron chi connectivity index (χ0n) is 11.6. The van der Waals surface area contributed by atoms with Gasteiger partial charge in [-0.15, -0.1) is 10.2 Å². The SMILES string of the molecule is CC(C(=O)O)C(C)c1nn2c(C3CCCC3)nnc2s1. The van der Waals surface area contributed by atoms with Crippen LogP contribution in [0.1, 0.15) is 62.2 Å². The quantitative estimate of drug-likeness (QED) is 0.937. The van der Waals surface area contributed by atoms with E-state index in [9.17, 15) is 4.79 Å². The molecule has 1 aliphatic carbocycles. The highest BCUT2D eigenvalue weighted by molar-refractivity contribution is 7.16. The molecule has 1 aliphatic rings. The average Bonchev–Trinajstić information content (AvgIpc) is 3.11. The van der Waals surface area contributed by atoms with Gasteiger partial charge in [0.1, 0.15) is 5.01 Å². The van der Waals surface area contributed by atoms with Crippen molar-refractivity contribution in [2.75, 3.05) is 0 Å². The van der Waals surface area contributed by atoms with Crippen LogP contribution in [0.4, 0.5) is 0 Å². The number of carboxylic acid groups (broad SMARTS) is 1. The van der Waals surface area contributed by atoms with Crippen LogP contribution in [-0.2, 0) is 4.79 Å². The van der Waals surface area contributed by atoms with E-state index in [1.54, 1.807) is 6.92 Å². The molecule has 0 aromatic carbocycles. The summed E-state index contributed by atoms with van der Waals surface area (Å²) >= 11 is 1.45. The lowest BCUT2D eigenvalue weighted by Crippen LogP contribution is -2.16. The summed E-state index contributed by atoms with van der Waals surface area (Å²) in [5.41, 5.74) is 0. The Morgan fingerprint density at radius 2 is 2.05 bits per heavy atom. The van der Waals surface area contributed by atoms with Crippen molar-refractivity contribution in [2.24, 2.45) is 5.92 Å². The van der Waals surface area contributed by atoms with E-state index >= 15 is 0 Å². The summed E-state index contributed by atoms with van der Waals surface area (Å²) in [5.74, 6) is 0.0335. The van der Waals surface area contributed by atoms with E-state index in [1.807, 2.05) is 11.4 Å². The van der Waals surface area contributed by atoms with E-state index in [1.165, 1.54) is 24.2 Å². The lowest BCUT2D eigenvalue weighted by molar-refractivity contribution is -0.141. The fraction of sp³-hybridized carbons (Fsp3) is 0.692. The Hall–Kier alpha value is -1.50. The second-order valence-electron chi connectivity index (χ2n) is 5.59. The summed E-state index contributed by atoms with van der Waals surface area (Å²) in [7, 11) is 0. The molecular formula is C13H18N4O2S. The summed E-state index contributed by atoms with van der Waals surface area (Å²) in [6.07, 6.45) is 4.77. The highest BCUT2D eigenvalue weighted by Crippen LogP contribution is 2.35. The maximum atomic E-state index is 11.1. The molecule has 0 saturated heterocycles.